The topological polar surface area (TPSA) is 0 Å². The molecule has 0 amide bonds. The van der Waals surface area contributed by atoms with E-state index >= 15 is 0 Å². The van der Waals surface area contributed by atoms with Crippen LogP contribution >= 0.6 is 0 Å². The number of hydrogen-bond donors (Lipinski definition) is 0. The van der Waals surface area contributed by atoms with Crippen molar-refractivity contribution in [2.24, 2.45) is 11.8 Å². The van der Waals surface area contributed by atoms with Gasteiger partial charge in [0.05, 0.1) is 0 Å². The fourth-order valence-electron chi connectivity index (χ4n) is 1.82. The van der Waals surface area contributed by atoms with E-state index in [1.54, 1.807) is 0 Å². The summed E-state index contributed by atoms with van der Waals surface area (Å²) >= 11 is 0. The summed E-state index contributed by atoms with van der Waals surface area (Å²) in [7, 11) is 0. The van der Waals surface area contributed by atoms with Crippen LogP contribution in [-0.2, 0) is 0 Å². The molecule has 0 aromatic carbocycles. The first-order chi connectivity index (χ1) is 6.83. The van der Waals surface area contributed by atoms with Crippen molar-refractivity contribution in [3.05, 3.63) is 12.2 Å². The quantitative estimate of drug-likeness (QED) is 0.542. The van der Waals surface area contributed by atoms with Crippen LogP contribution in [0.5, 0.6) is 0 Å². The summed E-state index contributed by atoms with van der Waals surface area (Å²) in [5, 5.41) is 0. The monoisotopic (exact) mass is 196 g/mol. The van der Waals surface area contributed by atoms with Crippen molar-refractivity contribution in [1.29, 1.82) is 0 Å². The van der Waals surface area contributed by atoms with Crippen LogP contribution in [0.3, 0.4) is 0 Å². The molecular weight excluding hydrogens is 168 g/mol. The molecule has 0 spiro atoms. The van der Waals surface area contributed by atoms with E-state index < -0.39 is 0 Å². The molecule has 1 aliphatic rings. The van der Waals surface area contributed by atoms with E-state index in [0.717, 1.165) is 11.8 Å². The van der Waals surface area contributed by atoms with Crippen molar-refractivity contribution in [2.75, 3.05) is 0 Å². The van der Waals surface area contributed by atoms with Crippen molar-refractivity contribution in [2.45, 2.75) is 66.2 Å². The van der Waals surface area contributed by atoms with Gasteiger partial charge in [-0.1, -0.05) is 59.1 Å². The minimum Gasteiger partial charge on any atom is -0.0880 e. The lowest BCUT2D eigenvalue weighted by molar-refractivity contribution is 0.567. The van der Waals surface area contributed by atoms with Gasteiger partial charge in [0, 0.05) is 0 Å². The molecule has 0 aromatic heterocycles. The van der Waals surface area contributed by atoms with Gasteiger partial charge in [-0.2, -0.15) is 0 Å². The van der Waals surface area contributed by atoms with Crippen LogP contribution in [0.25, 0.3) is 0 Å². The molecule has 0 radical (unpaired) electrons. The van der Waals surface area contributed by atoms with Crippen LogP contribution in [0, 0.1) is 11.8 Å². The van der Waals surface area contributed by atoms with E-state index in [4.69, 9.17) is 0 Å². The van der Waals surface area contributed by atoms with Crippen LogP contribution in [0.15, 0.2) is 12.2 Å². The summed E-state index contributed by atoms with van der Waals surface area (Å²) in [5.41, 5.74) is 0. The maximum atomic E-state index is 2.46. The fraction of sp³-hybridized carbons (Fsp3) is 0.857. The van der Waals surface area contributed by atoms with E-state index in [1.807, 2.05) is 13.8 Å². The predicted molar refractivity (Wildman–Crippen MR) is 66.5 cm³/mol. The average molecular weight is 196 g/mol. The summed E-state index contributed by atoms with van der Waals surface area (Å²) in [5.74, 6) is 1.80. The van der Waals surface area contributed by atoms with E-state index in [-0.39, 0.29) is 0 Å². The molecule has 1 aliphatic carbocycles. The van der Waals surface area contributed by atoms with Crippen molar-refractivity contribution in [3.63, 3.8) is 0 Å². The first kappa shape index (κ1) is 13.7. The van der Waals surface area contributed by atoms with E-state index in [0.29, 0.717) is 0 Å². The molecule has 0 saturated heterocycles. The Morgan fingerprint density at radius 3 is 2.29 bits per heavy atom. The lowest BCUT2D eigenvalue weighted by Crippen LogP contribution is -1.90. The Bertz CT molecular complexity index is 129. The Hall–Kier alpha value is -0.260. The first-order valence-electron chi connectivity index (χ1n) is 6.49. The average Bonchev–Trinajstić information content (AvgIpc) is 2.73. The van der Waals surface area contributed by atoms with Crippen LogP contribution in [0.2, 0.25) is 0 Å². The van der Waals surface area contributed by atoms with Crippen molar-refractivity contribution in [3.8, 4) is 0 Å². The molecule has 1 rings (SSSR count). The Kier molecular flexibility index (Phi) is 9.13. The first-order valence-corrected chi connectivity index (χ1v) is 6.49. The minimum atomic E-state index is 0.877. The zero-order valence-electron chi connectivity index (χ0n) is 10.6. The molecule has 0 heteroatoms. The summed E-state index contributed by atoms with van der Waals surface area (Å²) in [4.78, 5) is 0. The number of allylic oxidation sites excluding steroid dienone is 2. The molecule has 84 valence electrons. The summed E-state index contributed by atoms with van der Waals surface area (Å²) in [6.07, 6.45) is 13.3. The largest absolute Gasteiger partial charge is 0.0880 e. The maximum absolute atomic E-state index is 2.46. The second-order valence-electron chi connectivity index (χ2n) is 4.22. The van der Waals surface area contributed by atoms with E-state index in [2.05, 4.69) is 26.0 Å². The van der Waals surface area contributed by atoms with Gasteiger partial charge >= 0.3 is 0 Å². The molecule has 1 fully saturated rings. The normalized spacial score (nSPS) is 19.4. The molecule has 0 N–H and O–H groups in total. The second kappa shape index (κ2) is 9.30. The molecular formula is C14H28. The highest BCUT2D eigenvalue weighted by Crippen LogP contribution is 2.26. The smallest absolute Gasteiger partial charge is 0.0234 e. The highest BCUT2D eigenvalue weighted by atomic mass is 14.2. The van der Waals surface area contributed by atoms with Gasteiger partial charge in [-0.15, -0.1) is 0 Å². The van der Waals surface area contributed by atoms with E-state index in [1.165, 1.54) is 38.5 Å². The maximum Gasteiger partial charge on any atom is -0.0234 e. The van der Waals surface area contributed by atoms with Gasteiger partial charge < -0.3 is 0 Å². The lowest BCUT2D eigenvalue weighted by Gasteiger charge is -2.04. The van der Waals surface area contributed by atoms with Crippen LogP contribution < -0.4 is 0 Å². The molecule has 0 aliphatic heterocycles. The van der Waals surface area contributed by atoms with Gasteiger partial charge in [0.2, 0.25) is 0 Å². The Labute approximate surface area is 90.8 Å². The number of rotatable bonds is 4. The second-order valence-corrected chi connectivity index (χ2v) is 4.22. The van der Waals surface area contributed by atoms with Gasteiger partial charge in [0.25, 0.3) is 0 Å². The van der Waals surface area contributed by atoms with E-state index in [9.17, 15) is 0 Å². The lowest BCUT2D eigenvalue weighted by atomic mass is 10.0. The standard InChI is InChI=1S/C12H22.C2H6/c1-3-11(2)7-6-10-12-8-4-5-9-12;1-2/h6,10-12H,3-5,7-9H2,1-2H3;1-2H3/b10-6+;. The van der Waals surface area contributed by atoms with Crippen LogP contribution in [-0.4, -0.2) is 0 Å². The summed E-state index contributed by atoms with van der Waals surface area (Å²) in [6.45, 7) is 8.60. The minimum absolute atomic E-state index is 0.877. The van der Waals surface area contributed by atoms with Crippen molar-refractivity contribution in [1.82, 2.24) is 0 Å². The molecule has 1 unspecified atom stereocenters. The molecule has 1 saturated carbocycles. The van der Waals surface area contributed by atoms with Gasteiger partial charge in [0.1, 0.15) is 0 Å². The third kappa shape index (κ3) is 6.23. The Morgan fingerprint density at radius 2 is 1.79 bits per heavy atom. The summed E-state index contributed by atoms with van der Waals surface area (Å²) in [6, 6.07) is 0. The zero-order valence-corrected chi connectivity index (χ0v) is 10.6. The third-order valence-corrected chi connectivity index (χ3v) is 3.04. The zero-order chi connectivity index (χ0) is 10.8. The van der Waals surface area contributed by atoms with Gasteiger partial charge in [-0.05, 0) is 31.1 Å². The highest BCUT2D eigenvalue weighted by molar-refractivity contribution is 4.91. The Balaban J connectivity index is 0.000000791. The predicted octanol–water partition coefficient (Wildman–Crippen LogP) is 5.20. The van der Waals surface area contributed by atoms with Gasteiger partial charge in [-0.25, -0.2) is 0 Å². The molecule has 0 heterocycles. The molecule has 0 aromatic rings. The van der Waals surface area contributed by atoms with Gasteiger partial charge in [-0.3, -0.25) is 0 Å². The Morgan fingerprint density at radius 1 is 1.21 bits per heavy atom. The van der Waals surface area contributed by atoms with Crippen molar-refractivity contribution >= 4 is 0 Å². The third-order valence-electron chi connectivity index (χ3n) is 3.04. The molecule has 14 heavy (non-hydrogen) atoms. The number of hydrogen-bond acceptors (Lipinski definition) is 0. The molecule has 0 nitrogen and oxygen atoms in total. The van der Waals surface area contributed by atoms with Gasteiger partial charge in [0.15, 0.2) is 0 Å². The molecule has 0 bridgehead atoms. The molecule has 1 atom stereocenters. The fourth-order valence-corrected chi connectivity index (χ4v) is 1.82. The highest BCUT2D eigenvalue weighted by Gasteiger charge is 2.10. The van der Waals surface area contributed by atoms with Crippen molar-refractivity contribution < 1.29 is 0 Å². The van der Waals surface area contributed by atoms with Crippen LogP contribution in [0.4, 0.5) is 0 Å². The SMILES string of the molecule is CC.CCC(C)C/C=C/C1CCCC1. The van der Waals surface area contributed by atoms with Crippen LogP contribution in [0.1, 0.15) is 66.2 Å². The summed E-state index contributed by atoms with van der Waals surface area (Å²) < 4.78 is 0.